The van der Waals surface area contributed by atoms with Gasteiger partial charge >= 0.3 is 0 Å². The van der Waals surface area contributed by atoms with Crippen LogP contribution in [0.3, 0.4) is 0 Å². The molecule has 1 aromatic carbocycles. The Labute approximate surface area is 208 Å². The van der Waals surface area contributed by atoms with Gasteiger partial charge in [-0.3, -0.25) is 10.00 Å². The van der Waals surface area contributed by atoms with Crippen molar-refractivity contribution in [3.63, 3.8) is 0 Å². The topological polar surface area (TPSA) is 83.9 Å². The number of aromatic nitrogens is 4. The molecule has 0 bridgehead atoms. The van der Waals surface area contributed by atoms with Gasteiger partial charge in [0.1, 0.15) is 0 Å². The fourth-order valence-electron chi connectivity index (χ4n) is 5.68. The highest BCUT2D eigenvalue weighted by Gasteiger charge is 2.41. The van der Waals surface area contributed by atoms with Gasteiger partial charge < -0.3 is 0 Å². The number of benzene rings is 1. The molecular weight excluding hydrogens is 484 g/mol. The Morgan fingerprint density at radius 3 is 2.50 bits per heavy atom. The number of likely N-dealkylation sites (tertiary alicyclic amines) is 1. The molecule has 1 N–H and O–H groups in total. The first-order chi connectivity index (χ1) is 17.3. The Bertz CT molecular complexity index is 1480. The molecule has 188 valence electrons. The minimum atomic E-state index is -3.84. The molecule has 0 atom stereocenters. The van der Waals surface area contributed by atoms with Crippen LogP contribution in [0.2, 0.25) is 0 Å². The molecule has 0 amide bonds. The standard InChI is InChI=1S/C26H27F2N5O2S/c27-26(28)10-11-32(17-26)21-8-6-18(7-9-21)19-12-23-24(20-14-30-31-15-20)16-33(25(23)29-13-19)36(34,35)22-4-2-1-3-5-22/h1-5,12-16,18,21H,6-11,17H2,(H,30,31). The van der Waals surface area contributed by atoms with Crippen LogP contribution in [0.5, 0.6) is 0 Å². The van der Waals surface area contributed by atoms with E-state index in [4.69, 9.17) is 0 Å². The second-order valence-electron chi connectivity index (χ2n) is 9.87. The van der Waals surface area contributed by atoms with Gasteiger partial charge in [-0.25, -0.2) is 26.2 Å². The van der Waals surface area contributed by atoms with E-state index in [9.17, 15) is 17.2 Å². The Hall–Kier alpha value is -3.11. The molecule has 36 heavy (non-hydrogen) atoms. The van der Waals surface area contributed by atoms with Gasteiger partial charge in [-0.15, -0.1) is 0 Å². The molecule has 1 aliphatic heterocycles. The molecule has 4 aromatic rings. The summed E-state index contributed by atoms with van der Waals surface area (Å²) in [6, 6.07) is 10.5. The Morgan fingerprint density at radius 2 is 1.83 bits per heavy atom. The maximum atomic E-state index is 13.7. The Balaban J connectivity index is 1.33. The number of halogens is 2. The Kier molecular flexibility index (Phi) is 5.68. The van der Waals surface area contributed by atoms with Crippen LogP contribution in [0.25, 0.3) is 22.2 Å². The van der Waals surface area contributed by atoms with E-state index in [1.54, 1.807) is 55.1 Å². The van der Waals surface area contributed by atoms with Crippen LogP contribution in [-0.2, 0) is 10.0 Å². The maximum Gasteiger partial charge on any atom is 0.269 e. The van der Waals surface area contributed by atoms with Crippen LogP contribution in [0.4, 0.5) is 8.78 Å². The molecule has 4 heterocycles. The third kappa shape index (κ3) is 4.12. The molecule has 1 saturated heterocycles. The zero-order valence-electron chi connectivity index (χ0n) is 19.6. The summed E-state index contributed by atoms with van der Waals surface area (Å²) in [5.74, 6) is -2.31. The predicted molar refractivity (Wildman–Crippen MR) is 132 cm³/mol. The fraction of sp³-hybridized carbons (Fsp3) is 0.385. The highest BCUT2D eigenvalue weighted by Crippen LogP contribution is 2.40. The second-order valence-corrected chi connectivity index (χ2v) is 11.7. The van der Waals surface area contributed by atoms with Crippen molar-refractivity contribution in [2.24, 2.45) is 0 Å². The number of hydrogen-bond donors (Lipinski definition) is 1. The number of fused-ring (bicyclic) bond motifs is 1. The zero-order valence-corrected chi connectivity index (χ0v) is 20.5. The number of nitrogens with one attached hydrogen (secondary N) is 1. The molecule has 0 radical (unpaired) electrons. The summed E-state index contributed by atoms with van der Waals surface area (Å²) in [6.07, 6.45) is 10.3. The van der Waals surface area contributed by atoms with Gasteiger partial charge in [0, 0.05) is 54.1 Å². The highest BCUT2D eigenvalue weighted by molar-refractivity contribution is 7.90. The number of hydrogen-bond acceptors (Lipinski definition) is 5. The summed E-state index contributed by atoms with van der Waals surface area (Å²) >= 11 is 0. The summed E-state index contributed by atoms with van der Waals surface area (Å²) in [5.41, 5.74) is 2.93. The van der Waals surface area contributed by atoms with Gasteiger partial charge in [0.25, 0.3) is 15.9 Å². The normalized spacial score (nSPS) is 22.8. The summed E-state index contributed by atoms with van der Waals surface area (Å²) in [5, 5.41) is 7.59. The summed E-state index contributed by atoms with van der Waals surface area (Å²) < 4.78 is 55.6. The maximum absolute atomic E-state index is 13.7. The third-order valence-electron chi connectivity index (χ3n) is 7.63. The molecule has 0 spiro atoms. The lowest BCUT2D eigenvalue weighted by Gasteiger charge is -2.34. The first-order valence-electron chi connectivity index (χ1n) is 12.2. The number of aromatic amines is 1. The van der Waals surface area contributed by atoms with Crippen molar-refractivity contribution < 1.29 is 17.2 Å². The van der Waals surface area contributed by atoms with E-state index in [-0.39, 0.29) is 29.8 Å². The van der Waals surface area contributed by atoms with E-state index in [0.717, 1.165) is 47.8 Å². The van der Waals surface area contributed by atoms with E-state index in [1.807, 2.05) is 11.0 Å². The largest absolute Gasteiger partial charge is 0.294 e. The van der Waals surface area contributed by atoms with Crippen LogP contribution < -0.4 is 0 Å². The quantitative estimate of drug-likeness (QED) is 0.406. The number of rotatable bonds is 5. The fourth-order valence-corrected chi connectivity index (χ4v) is 7.03. The van der Waals surface area contributed by atoms with Crippen molar-refractivity contribution in [2.75, 3.05) is 13.1 Å². The van der Waals surface area contributed by atoms with Crippen LogP contribution in [0.15, 0.2) is 66.1 Å². The number of pyridine rings is 1. The molecule has 10 heteroatoms. The van der Waals surface area contributed by atoms with E-state index in [2.05, 4.69) is 15.2 Å². The molecule has 7 nitrogen and oxygen atoms in total. The summed E-state index contributed by atoms with van der Waals surface area (Å²) in [7, 11) is -3.84. The van der Waals surface area contributed by atoms with Crippen molar-refractivity contribution in [2.45, 2.75) is 54.9 Å². The smallest absolute Gasteiger partial charge is 0.269 e. The van der Waals surface area contributed by atoms with Gasteiger partial charge in [0.15, 0.2) is 5.65 Å². The molecular formula is C26H27F2N5O2S. The van der Waals surface area contributed by atoms with Gasteiger partial charge in [0.05, 0.1) is 17.6 Å². The van der Waals surface area contributed by atoms with Gasteiger partial charge in [0.2, 0.25) is 0 Å². The molecule has 2 aliphatic rings. The lowest BCUT2D eigenvalue weighted by atomic mass is 9.81. The van der Waals surface area contributed by atoms with Crippen molar-refractivity contribution in [1.82, 2.24) is 24.1 Å². The van der Waals surface area contributed by atoms with Crippen molar-refractivity contribution in [3.05, 3.63) is 66.7 Å². The second kappa shape index (κ2) is 8.77. The molecule has 3 aromatic heterocycles. The zero-order chi connectivity index (χ0) is 24.9. The van der Waals surface area contributed by atoms with E-state index in [0.29, 0.717) is 12.2 Å². The average molecular weight is 512 g/mol. The van der Waals surface area contributed by atoms with Crippen molar-refractivity contribution >= 4 is 21.1 Å². The monoisotopic (exact) mass is 511 g/mol. The molecule has 2 fully saturated rings. The van der Waals surface area contributed by atoms with Crippen LogP contribution >= 0.6 is 0 Å². The lowest BCUT2D eigenvalue weighted by molar-refractivity contribution is 0.00517. The summed E-state index contributed by atoms with van der Waals surface area (Å²) in [4.78, 5) is 6.78. The minimum absolute atomic E-state index is 0.0484. The van der Waals surface area contributed by atoms with Crippen LogP contribution in [-0.4, -0.2) is 57.5 Å². The van der Waals surface area contributed by atoms with Gasteiger partial charge in [-0.1, -0.05) is 18.2 Å². The summed E-state index contributed by atoms with van der Waals surface area (Å²) in [6.45, 7) is 0.334. The van der Waals surface area contributed by atoms with Gasteiger partial charge in [-0.2, -0.15) is 5.10 Å². The number of alkyl halides is 2. The van der Waals surface area contributed by atoms with E-state index < -0.39 is 15.9 Å². The molecule has 1 saturated carbocycles. The average Bonchev–Trinajstić information content (AvgIpc) is 3.63. The minimum Gasteiger partial charge on any atom is -0.294 e. The SMILES string of the molecule is O=S(=O)(c1ccccc1)n1cc(-c2cn[nH]c2)c2cc(C3CCC(N4CCC(F)(F)C4)CC3)cnc21. The third-order valence-corrected chi connectivity index (χ3v) is 9.29. The first-order valence-corrected chi connectivity index (χ1v) is 13.7. The molecule has 6 rings (SSSR count). The predicted octanol–water partition coefficient (Wildman–Crippen LogP) is 5.03. The van der Waals surface area contributed by atoms with Crippen molar-refractivity contribution in [1.29, 1.82) is 0 Å². The molecule has 0 unspecified atom stereocenters. The highest BCUT2D eigenvalue weighted by atomic mass is 32.2. The first kappa shape index (κ1) is 23.3. The lowest BCUT2D eigenvalue weighted by Crippen LogP contribution is -2.37. The van der Waals surface area contributed by atoms with Crippen LogP contribution in [0.1, 0.15) is 43.6 Å². The Morgan fingerprint density at radius 1 is 1.06 bits per heavy atom. The number of H-pyrrole nitrogens is 1. The van der Waals surface area contributed by atoms with E-state index in [1.165, 1.54) is 3.97 Å². The molecule has 1 aliphatic carbocycles. The number of nitrogens with zero attached hydrogens (tertiary/aromatic N) is 4. The van der Waals surface area contributed by atoms with Crippen LogP contribution in [0, 0.1) is 0 Å². The van der Waals surface area contributed by atoms with Crippen molar-refractivity contribution in [3.8, 4) is 11.1 Å². The van der Waals surface area contributed by atoms with E-state index >= 15 is 0 Å². The van der Waals surface area contributed by atoms with Gasteiger partial charge in [-0.05, 0) is 55.4 Å².